The van der Waals surface area contributed by atoms with Gasteiger partial charge in [-0.25, -0.2) is 4.39 Å². The SMILES string of the molecule is O=S(=O)(OC1CCCC1)c1ccc(F)cc1. The van der Waals surface area contributed by atoms with E-state index in [9.17, 15) is 12.8 Å². The molecule has 1 aromatic rings. The van der Waals surface area contributed by atoms with Gasteiger partial charge < -0.3 is 0 Å². The van der Waals surface area contributed by atoms with E-state index in [0.29, 0.717) is 0 Å². The summed E-state index contributed by atoms with van der Waals surface area (Å²) in [6, 6.07) is 4.68. The van der Waals surface area contributed by atoms with Gasteiger partial charge in [-0.05, 0) is 37.1 Å². The Morgan fingerprint density at radius 1 is 1.12 bits per heavy atom. The van der Waals surface area contributed by atoms with Crippen molar-refractivity contribution >= 4 is 10.1 Å². The number of benzene rings is 1. The van der Waals surface area contributed by atoms with Crippen LogP contribution in [0.25, 0.3) is 0 Å². The first-order chi connectivity index (χ1) is 7.58. The summed E-state index contributed by atoms with van der Waals surface area (Å²) >= 11 is 0. The molecule has 0 aliphatic heterocycles. The zero-order chi connectivity index (χ0) is 11.6. The number of hydrogen-bond donors (Lipinski definition) is 0. The van der Waals surface area contributed by atoms with Crippen LogP contribution in [0.3, 0.4) is 0 Å². The van der Waals surface area contributed by atoms with E-state index in [1.165, 1.54) is 12.1 Å². The first-order valence-corrected chi connectivity index (χ1v) is 6.67. The van der Waals surface area contributed by atoms with Crippen molar-refractivity contribution in [2.45, 2.75) is 36.7 Å². The lowest BCUT2D eigenvalue weighted by atomic mass is 10.3. The van der Waals surface area contributed by atoms with Crippen LogP contribution in [0, 0.1) is 5.82 Å². The second-order valence-electron chi connectivity index (χ2n) is 3.91. The van der Waals surface area contributed by atoms with Crippen molar-refractivity contribution in [2.24, 2.45) is 0 Å². The lowest BCUT2D eigenvalue weighted by Gasteiger charge is -2.10. The van der Waals surface area contributed by atoms with Crippen LogP contribution in [0.5, 0.6) is 0 Å². The number of halogens is 1. The predicted molar refractivity (Wildman–Crippen MR) is 56.9 cm³/mol. The van der Waals surface area contributed by atoms with Crippen molar-refractivity contribution in [3.8, 4) is 0 Å². The number of hydrogen-bond acceptors (Lipinski definition) is 3. The maximum Gasteiger partial charge on any atom is 0.297 e. The van der Waals surface area contributed by atoms with Crippen LogP contribution in [0.2, 0.25) is 0 Å². The van der Waals surface area contributed by atoms with E-state index in [-0.39, 0.29) is 11.0 Å². The van der Waals surface area contributed by atoms with E-state index < -0.39 is 15.9 Å². The molecule has 0 saturated heterocycles. The van der Waals surface area contributed by atoms with Gasteiger partial charge in [0.15, 0.2) is 0 Å². The largest absolute Gasteiger partial charge is 0.297 e. The van der Waals surface area contributed by atoms with Gasteiger partial charge in [0.25, 0.3) is 10.1 Å². The second-order valence-corrected chi connectivity index (χ2v) is 5.48. The third-order valence-electron chi connectivity index (χ3n) is 2.67. The lowest BCUT2D eigenvalue weighted by Crippen LogP contribution is -2.15. The highest BCUT2D eigenvalue weighted by Gasteiger charge is 2.24. The first-order valence-electron chi connectivity index (χ1n) is 5.27. The van der Waals surface area contributed by atoms with Crippen LogP contribution in [0.15, 0.2) is 29.2 Å². The highest BCUT2D eigenvalue weighted by Crippen LogP contribution is 2.25. The summed E-state index contributed by atoms with van der Waals surface area (Å²) in [6.07, 6.45) is 3.35. The topological polar surface area (TPSA) is 43.4 Å². The molecule has 1 saturated carbocycles. The van der Waals surface area contributed by atoms with Gasteiger partial charge in [-0.3, -0.25) is 4.18 Å². The number of rotatable bonds is 3. The predicted octanol–water partition coefficient (Wildman–Crippen LogP) is 2.47. The molecule has 16 heavy (non-hydrogen) atoms. The molecule has 0 spiro atoms. The zero-order valence-corrected chi connectivity index (χ0v) is 9.54. The Kier molecular flexibility index (Phi) is 3.25. The van der Waals surface area contributed by atoms with Crippen LogP contribution in [-0.4, -0.2) is 14.5 Å². The van der Waals surface area contributed by atoms with Gasteiger partial charge in [0.05, 0.1) is 11.0 Å². The summed E-state index contributed by atoms with van der Waals surface area (Å²) in [5.74, 6) is -0.459. The average molecular weight is 244 g/mol. The van der Waals surface area contributed by atoms with E-state index in [0.717, 1.165) is 37.8 Å². The fraction of sp³-hybridized carbons (Fsp3) is 0.455. The molecule has 0 heterocycles. The van der Waals surface area contributed by atoms with Gasteiger partial charge in [-0.2, -0.15) is 8.42 Å². The molecule has 1 aliphatic rings. The monoisotopic (exact) mass is 244 g/mol. The third-order valence-corrected chi connectivity index (χ3v) is 4.04. The Bertz CT molecular complexity index is 447. The van der Waals surface area contributed by atoms with Crippen molar-refractivity contribution < 1.29 is 17.0 Å². The quantitative estimate of drug-likeness (QED) is 0.767. The molecule has 2 rings (SSSR count). The molecule has 5 heteroatoms. The maximum absolute atomic E-state index is 12.6. The van der Waals surface area contributed by atoms with Crippen LogP contribution in [-0.2, 0) is 14.3 Å². The average Bonchev–Trinajstić information content (AvgIpc) is 2.70. The van der Waals surface area contributed by atoms with E-state index in [4.69, 9.17) is 4.18 Å². The molecule has 0 N–H and O–H groups in total. The molecule has 1 aliphatic carbocycles. The maximum atomic E-state index is 12.6. The van der Waals surface area contributed by atoms with E-state index in [1.54, 1.807) is 0 Å². The van der Waals surface area contributed by atoms with Crippen LogP contribution < -0.4 is 0 Å². The van der Waals surface area contributed by atoms with Crippen molar-refractivity contribution in [1.29, 1.82) is 0 Å². The Hall–Kier alpha value is -0.940. The second kappa shape index (κ2) is 4.51. The minimum absolute atomic E-state index is 0.0146. The Balaban J connectivity index is 2.14. The van der Waals surface area contributed by atoms with Crippen molar-refractivity contribution in [2.75, 3.05) is 0 Å². The molecule has 0 amide bonds. The molecule has 88 valence electrons. The van der Waals surface area contributed by atoms with Crippen LogP contribution >= 0.6 is 0 Å². The molecular weight excluding hydrogens is 231 g/mol. The smallest absolute Gasteiger partial charge is 0.263 e. The molecule has 0 aromatic heterocycles. The fourth-order valence-electron chi connectivity index (χ4n) is 1.82. The molecule has 0 radical (unpaired) electrons. The summed E-state index contributed by atoms with van der Waals surface area (Å²) in [5.41, 5.74) is 0. The van der Waals surface area contributed by atoms with Crippen molar-refractivity contribution in [3.63, 3.8) is 0 Å². The molecule has 0 bridgehead atoms. The van der Waals surface area contributed by atoms with E-state index in [1.807, 2.05) is 0 Å². The fourth-order valence-corrected chi connectivity index (χ4v) is 2.95. The lowest BCUT2D eigenvalue weighted by molar-refractivity contribution is 0.217. The van der Waals surface area contributed by atoms with Crippen molar-refractivity contribution in [3.05, 3.63) is 30.1 Å². The minimum atomic E-state index is -3.73. The molecule has 1 fully saturated rings. The van der Waals surface area contributed by atoms with Gasteiger partial charge in [0, 0.05) is 0 Å². The van der Waals surface area contributed by atoms with E-state index >= 15 is 0 Å². The zero-order valence-electron chi connectivity index (χ0n) is 8.73. The third kappa shape index (κ3) is 2.59. The molecule has 0 atom stereocenters. The highest BCUT2D eigenvalue weighted by molar-refractivity contribution is 7.86. The standard InChI is InChI=1S/C11H13FO3S/c12-9-5-7-11(8-6-9)16(13,14)15-10-3-1-2-4-10/h5-8,10H,1-4H2. The van der Waals surface area contributed by atoms with Crippen LogP contribution in [0.1, 0.15) is 25.7 Å². The van der Waals surface area contributed by atoms with Gasteiger partial charge in [0.1, 0.15) is 5.82 Å². The van der Waals surface area contributed by atoms with E-state index in [2.05, 4.69) is 0 Å². The molecule has 1 aromatic carbocycles. The van der Waals surface area contributed by atoms with Gasteiger partial charge in [-0.15, -0.1) is 0 Å². The molecular formula is C11H13FO3S. The van der Waals surface area contributed by atoms with Gasteiger partial charge in [0.2, 0.25) is 0 Å². The minimum Gasteiger partial charge on any atom is -0.263 e. The normalized spacial score (nSPS) is 17.8. The summed E-state index contributed by atoms with van der Waals surface area (Å²) in [7, 11) is -3.73. The highest BCUT2D eigenvalue weighted by atomic mass is 32.2. The summed E-state index contributed by atoms with van der Waals surface area (Å²) in [5, 5.41) is 0. The Labute approximate surface area is 94.4 Å². The first kappa shape index (κ1) is 11.5. The Morgan fingerprint density at radius 3 is 2.25 bits per heavy atom. The van der Waals surface area contributed by atoms with Crippen molar-refractivity contribution in [1.82, 2.24) is 0 Å². The van der Waals surface area contributed by atoms with Gasteiger partial charge >= 0.3 is 0 Å². The summed E-state index contributed by atoms with van der Waals surface area (Å²) < 4.78 is 41.2. The van der Waals surface area contributed by atoms with Gasteiger partial charge in [-0.1, -0.05) is 12.8 Å². The molecule has 0 unspecified atom stereocenters. The summed E-state index contributed by atoms with van der Waals surface area (Å²) in [6.45, 7) is 0. The van der Waals surface area contributed by atoms with Crippen LogP contribution in [0.4, 0.5) is 4.39 Å². The molecule has 3 nitrogen and oxygen atoms in total. The Morgan fingerprint density at radius 2 is 1.69 bits per heavy atom. The summed E-state index contributed by atoms with van der Waals surface area (Å²) in [4.78, 5) is 0.0146.